The van der Waals surface area contributed by atoms with Crippen molar-refractivity contribution in [2.24, 2.45) is 0 Å². The van der Waals surface area contributed by atoms with Crippen LogP contribution < -0.4 is 20.9 Å². The van der Waals surface area contributed by atoms with Crippen molar-refractivity contribution in [3.8, 4) is 22.8 Å². The number of amides is 1. The monoisotopic (exact) mass is 728 g/mol. The van der Waals surface area contributed by atoms with E-state index in [-0.39, 0.29) is 17.7 Å². The van der Waals surface area contributed by atoms with Gasteiger partial charge in [0.1, 0.15) is 17.5 Å². The van der Waals surface area contributed by atoms with Gasteiger partial charge in [0.25, 0.3) is 0 Å². The molecule has 49 heavy (non-hydrogen) atoms. The summed E-state index contributed by atoms with van der Waals surface area (Å²) in [5.41, 5.74) is 7.14. The molecule has 2 aliphatic heterocycles. The first-order valence-electron chi connectivity index (χ1n) is 15.9. The van der Waals surface area contributed by atoms with Gasteiger partial charge in [-0.2, -0.15) is 0 Å². The smallest absolute Gasteiger partial charge is 0.240 e. The van der Waals surface area contributed by atoms with Crippen LogP contribution in [0.3, 0.4) is 0 Å². The SMILES string of the molecule is C[C@H]1CCCCN1c1ncc(-c2nccc(N)n2)cn1.C[C@H]1CCCCN1c1ncc(-c2nccc(NC(=O)CCl)n2)cn1.O=C(Cl)CCl. The van der Waals surface area contributed by atoms with Crippen LogP contribution in [-0.4, -0.2) is 88.0 Å². The van der Waals surface area contributed by atoms with Crippen LogP contribution >= 0.6 is 34.8 Å². The van der Waals surface area contributed by atoms with E-state index in [9.17, 15) is 9.59 Å². The number of nitrogens with two attached hydrogens (primary N) is 1. The minimum absolute atomic E-state index is 0.0957. The zero-order valence-corrected chi connectivity index (χ0v) is 29.6. The van der Waals surface area contributed by atoms with Crippen LogP contribution in [0.4, 0.5) is 23.5 Å². The van der Waals surface area contributed by atoms with Gasteiger partial charge in [-0.1, -0.05) is 0 Å². The number of alkyl halides is 2. The summed E-state index contributed by atoms with van der Waals surface area (Å²) >= 11 is 15.0. The second-order valence-electron chi connectivity index (χ2n) is 11.4. The molecule has 0 saturated carbocycles. The topological polar surface area (TPSA) is 182 Å². The maximum Gasteiger partial charge on any atom is 0.240 e. The molecule has 0 bridgehead atoms. The quantitative estimate of drug-likeness (QED) is 0.183. The number of aromatic nitrogens is 8. The van der Waals surface area contributed by atoms with Crippen molar-refractivity contribution < 1.29 is 9.59 Å². The van der Waals surface area contributed by atoms with E-state index < -0.39 is 5.24 Å². The van der Waals surface area contributed by atoms with Gasteiger partial charge in [-0.05, 0) is 76.1 Å². The number of anilines is 4. The summed E-state index contributed by atoms with van der Waals surface area (Å²) in [6, 6.07) is 4.22. The number of nitrogens with one attached hydrogen (secondary N) is 1. The van der Waals surface area contributed by atoms with Crippen molar-refractivity contribution in [2.75, 3.05) is 45.7 Å². The Morgan fingerprint density at radius 2 is 1.22 bits per heavy atom. The summed E-state index contributed by atoms with van der Waals surface area (Å²) in [6.07, 6.45) is 17.4. The first-order valence-corrected chi connectivity index (χ1v) is 17.3. The van der Waals surface area contributed by atoms with Crippen LogP contribution in [0.25, 0.3) is 22.8 Å². The zero-order chi connectivity index (χ0) is 35.2. The van der Waals surface area contributed by atoms with Crippen LogP contribution in [0.2, 0.25) is 0 Å². The Morgan fingerprint density at radius 1 is 0.755 bits per heavy atom. The molecule has 4 aromatic rings. The molecule has 2 saturated heterocycles. The fourth-order valence-corrected chi connectivity index (χ4v) is 5.28. The number of carbonyl (C=O) groups is 2. The van der Waals surface area contributed by atoms with Crippen molar-refractivity contribution in [1.82, 2.24) is 39.9 Å². The molecule has 2 aliphatic rings. The van der Waals surface area contributed by atoms with E-state index in [4.69, 9.17) is 40.5 Å². The predicted molar refractivity (Wildman–Crippen MR) is 193 cm³/mol. The highest BCUT2D eigenvalue weighted by Crippen LogP contribution is 2.24. The van der Waals surface area contributed by atoms with Gasteiger partial charge in [0.2, 0.25) is 23.0 Å². The van der Waals surface area contributed by atoms with Crippen molar-refractivity contribution in [3.05, 3.63) is 49.3 Å². The molecule has 14 nitrogen and oxygen atoms in total. The third-order valence-electron chi connectivity index (χ3n) is 7.74. The molecular weight excluding hydrogens is 691 g/mol. The van der Waals surface area contributed by atoms with E-state index in [0.29, 0.717) is 40.9 Å². The molecule has 1 amide bonds. The average molecular weight is 730 g/mol. The van der Waals surface area contributed by atoms with E-state index in [1.165, 1.54) is 32.1 Å². The molecule has 2 atom stereocenters. The number of halogens is 3. The van der Waals surface area contributed by atoms with Gasteiger partial charge in [0.15, 0.2) is 11.6 Å². The fourth-order valence-electron chi connectivity index (χ4n) is 5.22. The van der Waals surface area contributed by atoms with Gasteiger partial charge in [-0.25, -0.2) is 39.9 Å². The van der Waals surface area contributed by atoms with Crippen molar-refractivity contribution in [1.29, 1.82) is 0 Å². The molecule has 6 rings (SSSR count). The molecular formula is C32H39Cl3N12O2. The van der Waals surface area contributed by atoms with Crippen LogP contribution in [0.1, 0.15) is 52.4 Å². The predicted octanol–water partition coefficient (Wildman–Crippen LogP) is 5.37. The van der Waals surface area contributed by atoms with E-state index in [2.05, 4.69) is 68.8 Å². The third-order valence-corrected chi connectivity index (χ3v) is 8.50. The van der Waals surface area contributed by atoms with Gasteiger partial charge in [-0.15, -0.1) is 23.2 Å². The lowest BCUT2D eigenvalue weighted by Gasteiger charge is -2.33. The Balaban J connectivity index is 0.000000197. The minimum atomic E-state index is -0.508. The van der Waals surface area contributed by atoms with E-state index in [1.807, 2.05) is 0 Å². The first kappa shape index (κ1) is 37.5. The third kappa shape index (κ3) is 11.4. The summed E-state index contributed by atoms with van der Waals surface area (Å²) in [5.74, 6) is 2.86. The van der Waals surface area contributed by atoms with Crippen molar-refractivity contribution >= 4 is 69.5 Å². The summed E-state index contributed by atoms with van der Waals surface area (Å²) in [6.45, 7) is 6.42. The lowest BCUT2D eigenvalue weighted by Crippen LogP contribution is -2.38. The molecule has 0 aliphatic carbocycles. The van der Waals surface area contributed by atoms with Crippen molar-refractivity contribution in [3.63, 3.8) is 0 Å². The molecule has 0 spiro atoms. The fraction of sp³-hybridized carbons (Fsp3) is 0.438. The molecule has 260 valence electrons. The van der Waals surface area contributed by atoms with Crippen LogP contribution in [-0.2, 0) is 9.59 Å². The molecule has 0 radical (unpaired) electrons. The Kier molecular flexibility index (Phi) is 14.6. The van der Waals surface area contributed by atoms with Gasteiger partial charge < -0.3 is 20.9 Å². The van der Waals surface area contributed by atoms with Crippen LogP contribution in [0.15, 0.2) is 49.3 Å². The van der Waals surface area contributed by atoms with Gasteiger partial charge in [0, 0.05) is 62.4 Å². The maximum absolute atomic E-state index is 11.3. The Labute approximate surface area is 300 Å². The molecule has 4 aromatic heterocycles. The largest absolute Gasteiger partial charge is 0.384 e. The second-order valence-corrected chi connectivity index (χ2v) is 12.3. The van der Waals surface area contributed by atoms with E-state index in [1.54, 1.807) is 49.3 Å². The molecule has 0 unspecified atom stereocenters. The lowest BCUT2D eigenvalue weighted by molar-refractivity contribution is -0.114. The average Bonchev–Trinajstić information content (AvgIpc) is 3.13. The standard InChI is InChI=1S/C16H19ClN6O.C14H18N6.C2H2Cl2O/c1-11-4-2-3-7-23(11)16-19-9-12(10-20-16)15-18-6-5-13(22-15)21-14(24)8-17;1-10-4-2-3-7-20(10)14-17-8-11(9-18-14)13-16-6-5-12(15)19-13;3-1-2(4)5/h5-6,9-11H,2-4,7-8H2,1H3,(H,18,21,22,24);5-6,8-10H,2-4,7H2,1H3,(H2,15,16,19);1H2/t11-;10-;/m00./s1. The highest BCUT2D eigenvalue weighted by molar-refractivity contribution is 6.67. The molecule has 2 fully saturated rings. The normalized spacial score (nSPS) is 17.2. The van der Waals surface area contributed by atoms with E-state index >= 15 is 0 Å². The minimum Gasteiger partial charge on any atom is -0.384 e. The zero-order valence-electron chi connectivity index (χ0n) is 27.3. The van der Waals surface area contributed by atoms with Gasteiger partial charge in [-0.3, -0.25) is 9.59 Å². The second kappa shape index (κ2) is 19.1. The molecule has 3 N–H and O–H groups in total. The highest BCUT2D eigenvalue weighted by atomic mass is 35.5. The van der Waals surface area contributed by atoms with Crippen LogP contribution in [0, 0.1) is 0 Å². The number of hydrogen-bond acceptors (Lipinski definition) is 13. The van der Waals surface area contributed by atoms with Crippen molar-refractivity contribution in [2.45, 2.75) is 64.5 Å². The number of nitrogen functional groups attached to an aromatic ring is 1. The lowest BCUT2D eigenvalue weighted by atomic mass is 10.0. The summed E-state index contributed by atoms with van der Waals surface area (Å²) < 4.78 is 0. The highest BCUT2D eigenvalue weighted by Gasteiger charge is 2.22. The Bertz CT molecular complexity index is 1650. The Hall–Kier alpha value is -4.27. The maximum atomic E-state index is 11.3. The van der Waals surface area contributed by atoms with Gasteiger partial charge >= 0.3 is 0 Å². The number of piperidine rings is 2. The van der Waals surface area contributed by atoms with Crippen LogP contribution in [0.5, 0.6) is 0 Å². The summed E-state index contributed by atoms with van der Waals surface area (Å²) in [5, 5.41) is 2.09. The number of nitrogens with zero attached hydrogens (tertiary/aromatic N) is 10. The number of rotatable bonds is 7. The van der Waals surface area contributed by atoms with E-state index in [0.717, 1.165) is 37.0 Å². The molecule has 17 heteroatoms. The number of hydrogen-bond donors (Lipinski definition) is 2. The summed E-state index contributed by atoms with van der Waals surface area (Å²) in [7, 11) is 0. The molecule has 6 heterocycles. The molecule has 0 aromatic carbocycles. The summed E-state index contributed by atoms with van der Waals surface area (Å²) in [4.78, 5) is 60.0. The van der Waals surface area contributed by atoms with Gasteiger partial charge in [0.05, 0.1) is 17.0 Å². The Morgan fingerprint density at radius 3 is 1.65 bits per heavy atom. The number of carbonyl (C=O) groups excluding carboxylic acids is 2. The first-order chi connectivity index (χ1) is 23.7.